The van der Waals surface area contributed by atoms with Crippen molar-refractivity contribution in [2.75, 3.05) is 12.3 Å². The lowest BCUT2D eigenvalue weighted by atomic mass is 9.96. The molecule has 1 aromatic carbocycles. The van der Waals surface area contributed by atoms with Gasteiger partial charge in [0.25, 0.3) is 0 Å². The van der Waals surface area contributed by atoms with Crippen molar-refractivity contribution in [3.05, 3.63) is 27.4 Å². The fourth-order valence-electron chi connectivity index (χ4n) is 2.69. The van der Waals surface area contributed by atoms with Gasteiger partial charge in [0.15, 0.2) is 0 Å². The molecule has 1 amide bonds. The third kappa shape index (κ3) is 1.78. The normalized spacial score (nSPS) is 19.1. The van der Waals surface area contributed by atoms with E-state index in [1.54, 1.807) is 6.07 Å². The Balaban J connectivity index is 2.40. The molecule has 100 valence electrons. The van der Waals surface area contributed by atoms with Crippen LogP contribution in [0.1, 0.15) is 24.1 Å². The number of aromatic nitrogens is 1. The van der Waals surface area contributed by atoms with E-state index in [4.69, 9.17) is 28.9 Å². The number of anilines is 1. The zero-order valence-corrected chi connectivity index (χ0v) is 11.8. The van der Waals surface area contributed by atoms with Gasteiger partial charge in [-0.05, 0) is 18.6 Å². The van der Waals surface area contributed by atoms with Crippen LogP contribution in [0.2, 0.25) is 10.0 Å². The average Bonchev–Trinajstić information content (AvgIpc) is 2.69. The molecule has 0 aliphatic carbocycles. The van der Waals surface area contributed by atoms with Crippen LogP contribution in [0.5, 0.6) is 0 Å². The standard InChI is InChI=1S/C13H13Cl2N3O/c1-5-9-8(2-3-17-13(5)19)18-12-10(9)7(16)4-6(14)11(12)15/h4-5,18H,2-3,16H2,1H3,(H,17,19). The Bertz CT molecular complexity index is 693. The summed E-state index contributed by atoms with van der Waals surface area (Å²) in [6.07, 6.45) is 0.730. The third-order valence-electron chi connectivity index (χ3n) is 3.62. The summed E-state index contributed by atoms with van der Waals surface area (Å²) in [7, 11) is 0. The molecule has 0 bridgehead atoms. The Labute approximate surface area is 120 Å². The highest BCUT2D eigenvalue weighted by Crippen LogP contribution is 2.41. The summed E-state index contributed by atoms with van der Waals surface area (Å²) in [4.78, 5) is 15.2. The molecule has 1 atom stereocenters. The first-order valence-electron chi connectivity index (χ1n) is 6.06. The van der Waals surface area contributed by atoms with Crippen molar-refractivity contribution in [1.29, 1.82) is 0 Å². The number of nitrogens with one attached hydrogen (secondary N) is 2. The number of H-pyrrole nitrogens is 1. The summed E-state index contributed by atoms with van der Waals surface area (Å²) in [5.41, 5.74) is 9.25. The first-order valence-corrected chi connectivity index (χ1v) is 6.82. The molecule has 0 saturated heterocycles. The molecule has 6 heteroatoms. The van der Waals surface area contributed by atoms with Crippen LogP contribution < -0.4 is 11.1 Å². The highest BCUT2D eigenvalue weighted by Gasteiger charge is 2.27. The Kier molecular flexibility index (Phi) is 2.87. The maximum atomic E-state index is 12.0. The second kappa shape index (κ2) is 4.32. The van der Waals surface area contributed by atoms with Crippen molar-refractivity contribution in [1.82, 2.24) is 10.3 Å². The van der Waals surface area contributed by atoms with E-state index in [9.17, 15) is 4.79 Å². The van der Waals surface area contributed by atoms with Crippen LogP contribution in [0.15, 0.2) is 6.07 Å². The van der Waals surface area contributed by atoms with Crippen molar-refractivity contribution >= 4 is 45.7 Å². The number of halogens is 2. The molecule has 2 aromatic rings. The quantitative estimate of drug-likeness (QED) is 0.654. The van der Waals surface area contributed by atoms with Crippen molar-refractivity contribution in [2.45, 2.75) is 19.3 Å². The van der Waals surface area contributed by atoms with Gasteiger partial charge >= 0.3 is 0 Å². The van der Waals surface area contributed by atoms with Gasteiger partial charge in [-0.15, -0.1) is 0 Å². The molecule has 1 aliphatic rings. The van der Waals surface area contributed by atoms with E-state index in [1.807, 2.05) is 6.92 Å². The zero-order valence-electron chi connectivity index (χ0n) is 10.3. The fourth-order valence-corrected chi connectivity index (χ4v) is 3.10. The van der Waals surface area contributed by atoms with Gasteiger partial charge in [-0.3, -0.25) is 4.79 Å². The maximum Gasteiger partial charge on any atom is 0.227 e. The van der Waals surface area contributed by atoms with Gasteiger partial charge in [-0.1, -0.05) is 23.2 Å². The minimum atomic E-state index is -0.259. The minimum absolute atomic E-state index is 0.00474. The number of nitrogen functional groups attached to an aromatic ring is 1. The number of fused-ring (bicyclic) bond motifs is 3. The Morgan fingerprint density at radius 2 is 2.16 bits per heavy atom. The number of amides is 1. The van der Waals surface area contributed by atoms with Crippen molar-refractivity contribution in [3.63, 3.8) is 0 Å². The van der Waals surface area contributed by atoms with E-state index < -0.39 is 0 Å². The van der Waals surface area contributed by atoms with Crippen LogP contribution in [-0.2, 0) is 11.2 Å². The van der Waals surface area contributed by atoms with Crippen molar-refractivity contribution < 1.29 is 4.79 Å². The number of rotatable bonds is 0. The molecule has 1 unspecified atom stereocenters. The van der Waals surface area contributed by atoms with Crippen molar-refractivity contribution in [3.8, 4) is 0 Å². The van der Waals surface area contributed by atoms with E-state index in [2.05, 4.69) is 10.3 Å². The second-order valence-electron chi connectivity index (χ2n) is 4.79. The van der Waals surface area contributed by atoms with Crippen LogP contribution >= 0.6 is 23.2 Å². The summed E-state index contributed by atoms with van der Waals surface area (Å²) in [5, 5.41) is 4.56. The third-order valence-corrected chi connectivity index (χ3v) is 4.41. The lowest BCUT2D eigenvalue weighted by molar-refractivity contribution is -0.121. The molecule has 4 nitrogen and oxygen atoms in total. The largest absolute Gasteiger partial charge is 0.398 e. The number of nitrogens with two attached hydrogens (primary N) is 1. The van der Waals surface area contributed by atoms with Gasteiger partial charge in [0.2, 0.25) is 5.91 Å². The molecular weight excluding hydrogens is 285 g/mol. The predicted molar refractivity (Wildman–Crippen MR) is 77.9 cm³/mol. The first kappa shape index (κ1) is 12.6. The summed E-state index contributed by atoms with van der Waals surface area (Å²) in [6.45, 7) is 2.48. The molecule has 2 heterocycles. The Morgan fingerprint density at radius 3 is 2.89 bits per heavy atom. The summed E-state index contributed by atoms with van der Waals surface area (Å²) < 4.78 is 0. The first-order chi connectivity index (χ1) is 9.00. The van der Waals surface area contributed by atoms with E-state index >= 15 is 0 Å². The van der Waals surface area contributed by atoms with Crippen LogP contribution in [-0.4, -0.2) is 17.4 Å². The fraction of sp³-hybridized carbons (Fsp3) is 0.308. The molecule has 1 aromatic heterocycles. The molecule has 1 aliphatic heterocycles. The van der Waals surface area contributed by atoms with Gasteiger partial charge in [0.1, 0.15) is 0 Å². The molecule has 3 rings (SSSR count). The second-order valence-corrected chi connectivity index (χ2v) is 5.58. The Morgan fingerprint density at radius 1 is 1.42 bits per heavy atom. The number of hydrogen-bond donors (Lipinski definition) is 3. The zero-order chi connectivity index (χ0) is 13.7. The van der Waals surface area contributed by atoms with E-state index in [0.717, 1.165) is 28.6 Å². The molecule has 0 saturated carbocycles. The van der Waals surface area contributed by atoms with Gasteiger partial charge in [-0.2, -0.15) is 0 Å². The van der Waals surface area contributed by atoms with E-state index in [1.165, 1.54) is 0 Å². The monoisotopic (exact) mass is 297 g/mol. The molecule has 0 spiro atoms. The topological polar surface area (TPSA) is 70.9 Å². The number of benzene rings is 1. The number of carbonyl (C=O) groups is 1. The molecule has 4 N–H and O–H groups in total. The van der Waals surface area contributed by atoms with Gasteiger partial charge < -0.3 is 16.0 Å². The number of carbonyl (C=O) groups excluding carboxylic acids is 1. The lowest BCUT2D eigenvalue weighted by Crippen LogP contribution is -2.26. The van der Waals surface area contributed by atoms with E-state index in [-0.39, 0.29) is 11.8 Å². The lowest BCUT2D eigenvalue weighted by Gasteiger charge is -2.10. The van der Waals surface area contributed by atoms with E-state index in [0.29, 0.717) is 22.3 Å². The van der Waals surface area contributed by atoms with Crippen LogP contribution in [0.4, 0.5) is 5.69 Å². The molecule has 0 fully saturated rings. The van der Waals surface area contributed by atoms with Crippen LogP contribution in [0.3, 0.4) is 0 Å². The highest BCUT2D eigenvalue weighted by molar-refractivity contribution is 6.45. The van der Waals surface area contributed by atoms with Crippen molar-refractivity contribution in [2.24, 2.45) is 0 Å². The van der Waals surface area contributed by atoms with Gasteiger partial charge in [0, 0.05) is 29.7 Å². The minimum Gasteiger partial charge on any atom is -0.398 e. The summed E-state index contributed by atoms with van der Waals surface area (Å²) in [6, 6.07) is 1.63. The van der Waals surface area contributed by atoms with Gasteiger partial charge in [0.05, 0.1) is 21.5 Å². The Hall–Kier alpha value is -1.39. The molecular formula is C13H13Cl2N3O. The predicted octanol–water partition coefficient (Wildman–Crippen LogP) is 2.83. The highest BCUT2D eigenvalue weighted by atomic mass is 35.5. The summed E-state index contributed by atoms with van der Waals surface area (Å²) in [5.74, 6) is -0.254. The summed E-state index contributed by atoms with van der Waals surface area (Å²) >= 11 is 12.3. The number of hydrogen-bond acceptors (Lipinski definition) is 2. The smallest absolute Gasteiger partial charge is 0.227 e. The maximum absolute atomic E-state index is 12.0. The van der Waals surface area contributed by atoms with Gasteiger partial charge in [-0.25, -0.2) is 0 Å². The average molecular weight is 298 g/mol. The van der Waals surface area contributed by atoms with Crippen LogP contribution in [0.25, 0.3) is 10.9 Å². The SMILES string of the molecule is CC1C(=O)NCCc2[nH]c3c(Cl)c(Cl)cc(N)c3c21. The molecule has 0 radical (unpaired) electrons. The number of aromatic amines is 1. The van der Waals surface area contributed by atoms with Crippen LogP contribution in [0, 0.1) is 0 Å². The molecule has 19 heavy (non-hydrogen) atoms.